The van der Waals surface area contributed by atoms with Gasteiger partial charge in [-0.1, -0.05) is 42.5 Å². The molecule has 1 aromatic heterocycles. The van der Waals surface area contributed by atoms with Crippen LogP contribution in [-0.4, -0.2) is 33.9 Å². The minimum atomic E-state index is 0.0546. The van der Waals surface area contributed by atoms with E-state index in [1.165, 1.54) is 0 Å². The van der Waals surface area contributed by atoms with Gasteiger partial charge in [0.25, 0.3) is 5.91 Å². The molecule has 2 atom stereocenters. The van der Waals surface area contributed by atoms with Crippen molar-refractivity contribution in [3.8, 4) is 11.4 Å². The first-order valence-electron chi connectivity index (χ1n) is 8.13. The first kappa shape index (κ1) is 14.1. The van der Waals surface area contributed by atoms with E-state index in [1.54, 1.807) is 12.4 Å². The van der Waals surface area contributed by atoms with Gasteiger partial charge in [-0.05, 0) is 24.7 Å². The van der Waals surface area contributed by atoms with E-state index in [0.717, 1.165) is 31.5 Å². The van der Waals surface area contributed by atoms with Gasteiger partial charge in [-0.15, -0.1) is 0 Å². The normalized spacial score (nSPS) is 22.9. The van der Waals surface area contributed by atoms with Crippen molar-refractivity contribution in [3.63, 3.8) is 0 Å². The van der Waals surface area contributed by atoms with Crippen molar-refractivity contribution in [1.29, 1.82) is 0 Å². The van der Waals surface area contributed by atoms with Crippen LogP contribution in [0.3, 0.4) is 0 Å². The van der Waals surface area contributed by atoms with Gasteiger partial charge in [-0.25, -0.2) is 9.97 Å². The average molecular weight is 305 g/mol. The van der Waals surface area contributed by atoms with Gasteiger partial charge >= 0.3 is 0 Å². The van der Waals surface area contributed by atoms with Crippen LogP contribution in [0, 0.1) is 11.8 Å². The smallest absolute Gasteiger partial charge is 0.257 e. The number of allylic oxidation sites excluding steroid dienone is 2. The maximum atomic E-state index is 12.7. The molecular formula is C19H19N3O. The number of hydrogen-bond acceptors (Lipinski definition) is 3. The average Bonchev–Trinajstić information content (AvgIpc) is 3.06. The van der Waals surface area contributed by atoms with Crippen LogP contribution in [0.5, 0.6) is 0 Å². The zero-order chi connectivity index (χ0) is 15.6. The Hall–Kier alpha value is -2.49. The topological polar surface area (TPSA) is 46.1 Å². The molecule has 1 fully saturated rings. The summed E-state index contributed by atoms with van der Waals surface area (Å²) in [7, 11) is 0. The van der Waals surface area contributed by atoms with Crippen molar-refractivity contribution < 1.29 is 4.79 Å². The third kappa shape index (κ3) is 2.77. The Labute approximate surface area is 135 Å². The summed E-state index contributed by atoms with van der Waals surface area (Å²) in [5.41, 5.74) is 1.54. The number of fused-ring (bicyclic) bond motifs is 1. The van der Waals surface area contributed by atoms with Gasteiger partial charge in [-0.2, -0.15) is 0 Å². The first-order valence-corrected chi connectivity index (χ1v) is 8.13. The molecule has 0 radical (unpaired) electrons. The van der Waals surface area contributed by atoms with E-state index in [4.69, 9.17) is 0 Å². The van der Waals surface area contributed by atoms with Gasteiger partial charge in [0.1, 0.15) is 0 Å². The fourth-order valence-corrected chi connectivity index (χ4v) is 3.54. The summed E-state index contributed by atoms with van der Waals surface area (Å²) in [6.07, 6.45) is 9.98. The Morgan fingerprint density at radius 1 is 0.957 bits per heavy atom. The van der Waals surface area contributed by atoms with Crippen LogP contribution in [0.2, 0.25) is 0 Å². The van der Waals surface area contributed by atoms with Gasteiger partial charge in [0.2, 0.25) is 0 Å². The molecule has 2 unspecified atom stereocenters. The quantitative estimate of drug-likeness (QED) is 0.801. The largest absolute Gasteiger partial charge is 0.338 e. The van der Waals surface area contributed by atoms with Crippen molar-refractivity contribution in [3.05, 3.63) is 60.4 Å². The molecule has 0 bridgehead atoms. The van der Waals surface area contributed by atoms with Gasteiger partial charge in [0.05, 0.1) is 5.56 Å². The summed E-state index contributed by atoms with van der Waals surface area (Å²) >= 11 is 0. The maximum absolute atomic E-state index is 12.7. The Kier molecular flexibility index (Phi) is 3.66. The molecule has 1 aliphatic heterocycles. The van der Waals surface area contributed by atoms with Crippen LogP contribution in [0.25, 0.3) is 11.4 Å². The number of likely N-dealkylation sites (tertiary alicyclic amines) is 1. The van der Waals surface area contributed by atoms with E-state index in [0.29, 0.717) is 23.2 Å². The molecular weight excluding hydrogens is 286 g/mol. The molecule has 1 aromatic carbocycles. The van der Waals surface area contributed by atoms with Crippen molar-refractivity contribution in [2.45, 2.75) is 12.8 Å². The summed E-state index contributed by atoms with van der Waals surface area (Å²) in [6.45, 7) is 1.71. The molecule has 116 valence electrons. The molecule has 4 rings (SSSR count). The summed E-state index contributed by atoms with van der Waals surface area (Å²) in [5, 5.41) is 0. The molecule has 2 aliphatic rings. The monoisotopic (exact) mass is 305 g/mol. The Balaban J connectivity index is 1.49. The molecule has 2 aromatic rings. The molecule has 1 saturated heterocycles. The van der Waals surface area contributed by atoms with Crippen LogP contribution in [0.4, 0.5) is 0 Å². The molecule has 4 heteroatoms. The summed E-state index contributed by atoms with van der Waals surface area (Å²) < 4.78 is 0. The van der Waals surface area contributed by atoms with Gasteiger partial charge < -0.3 is 4.90 Å². The van der Waals surface area contributed by atoms with Gasteiger partial charge in [0.15, 0.2) is 5.82 Å². The van der Waals surface area contributed by atoms with E-state index in [-0.39, 0.29) is 5.91 Å². The SMILES string of the molecule is O=C(c1cnc(-c2ccccc2)nc1)N1CC2CC=CCC2C1. The lowest BCUT2D eigenvalue weighted by Gasteiger charge is -2.17. The Morgan fingerprint density at radius 3 is 2.17 bits per heavy atom. The number of nitrogens with zero attached hydrogens (tertiary/aromatic N) is 3. The van der Waals surface area contributed by atoms with Crippen LogP contribution >= 0.6 is 0 Å². The number of rotatable bonds is 2. The van der Waals surface area contributed by atoms with Crippen molar-refractivity contribution in [2.24, 2.45) is 11.8 Å². The van der Waals surface area contributed by atoms with Gasteiger partial charge in [0, 0.05) is 31.0 Å². The summed E-state index contributed by atoms with van der Waals surface area (Å²) in [4.78, 5) is 23.3. The number of amides is 1. The predicted octanol–water partition coefficient (Wildman–Crippen LogP) is 3.18. The van der Waals surface area contributed by atoms with Crippen molar-refractivity contribution in [1.82, 2.24) is 14.9 Å². The number of carbonyl (C=O) groups excluding carboxylic acids is 1. The minimum absolute atomic E-state index is 0.0546. The van der Waals surface area contributed by atoms with E-state index in [2.05, 4.69) is 22.1 Å². The lowest BCUT2D eigenvalue weighted by Crippen LogP contribution is -2.29. The second kappa shape index (κ2) is 5.95. The molecule has 23 heavy (non-hydrogen) atoms. The molecule has 0 saturated carbocycles. The summed E-state index contributed by atoms with van der Waals surface area (Å²) in [6, 6.07) is 9.81. The first-order chi connectivity index (χ1) is 11.3. The second-order valence-electron chi connectivity index (χ2n) is 6.33. The molecule has 2 heterocycles. The highest BCUT2D eigenvalue weighted by Gasteiger charge is 2.35. The van der Waals surface area contributed by atoms with Crippen molar-refractivity contribution in [2.75, 3.05) is 13.1 Å². The number of hydrogen-bond donors (Lipinski definition) is 0. The van der Waals surface area contributed by atoms with Crippen LogP contribution in [0.1, 0.15) is 23.2 Å². The predicted molar refractivity (Wildman–Crippen MR) is 88.7 cm³/mol. The molecule has 0 N–H and O–H groups in total. The zero-order valence-corrected chi connectivity index (χ0v) is 12.9. The van der Waals surface area contributed by atoms with E-state index in [1.807, 2.05) is 35.2 Å². The minimum Gasteiger partial charge on any atom is -0.338 e. The van der Waals surface area contributed by atoms with Crippen molar-refractivity contribution >= 4 is 5.91 Å². The number of benzene rings is 1. The fraction of sp³-hybridized carbons (Fsp3) is 0.316. The maximum Gasteiger partial charge on any atom is 0.257 e. The third-order valence-electron chi connectivity index (χ3n) is 4.84. The highest BCUT2D eigenvalue weighted by molar-refractivity contribution is 5.94. The standard InChI is InChI=1S/C19H19N3O/c23-19(22-12-15-8-4-5-9-16(15)13-22)17-10-20-18(21-11-17)14-6-2-1-3-7-14/h1-7,10-11,15-16H,8-9,12-13H2. The third-order valence-corrected chi connectivity index (χ3v) is 4.84. The van der Waals surface area contributed by atoms with E-state index >= 15 is 0 Å². The highest BCUT2D eigenvalue weighted by atomic mass is 16.2. The van der Waals surface area contributed by atoms with Crippen LogP contribution in [-0.2, 0) is 0 Å². The zero-order valence-electron chi connectivity index (χ0n) is 12.9. The molecule has 4 nitrogen and oxygen atoms in total. The van der Waals surface area contributed by atoms with Gasteiger partial charge in [-0.3, -0.25) is 4.79 Å². The second-order valence-corrected chi connectivity index (χ2v) is 6.33. The molecule has 1 aliphatic carbocycles. The number of aromatic nitrogens is 2. The molecule has 1 amide bonds. The van der Waals surface area contributed by atoms with E-state index < -0.39 is 0 Å². The van der Waals surface area contributed by atoms with Crippen LogP contribution in [0.15, 0.2) is 54.9 Å². The summed E-state index contributed by atoms with van der Waals surface area (Å²) in [5.74, 6) is 1.95. The van der Waals surface area contributed by atoms with E-state index in [9.17, 15) is 4.79 Å². The number of carbonyl (C=O) groups is 1. The highest BCUT2D eigenvalue weighted by Crippen LogP contribution is 2.33. The lowest BCUT2D eigenvalue weighted by atomic mass is 9.86. The Morgan fingerprint density at radius 2 is 1.57 bits per heavy atom. The fourth-order valence-electron chi connectivity index (χ4n) is 3.54. The Bertz CT molecular complexity index is 708. The van der Waals surface area contributed by atoms with Crippen LogP contribution < -0.4 is 0 Å². The molecule has 0 spiro atoms. The lowest BCUT2D eigenvalue weighted by molar-refractivity contribution is 0.0783.